The first kappa shape index (κ1) is 15.0. The lowest BCUT2D eigenvalue weighted by Crippen LogP contribution is -2.31. The van der Waals surface area contributed by atoms with Crippen LogP contribution in [0.3, 0.4) is 0 Å². The summed E-state index contributed by atoms with van der Waals surface area (Å²) in [4.78, 5) is 0. The third-order valence-corrected chi connectivity index (χ3v) is 5.47. The summed E-state index contributed by atoms with van der Waals surface area (Å²) in [7, 11) is 0. The van der Waals surface area contributed by atoms with Crippen molar-refractivity contribution in [2.45, 2.75) is 83.8 Å². The van der Waals surface area contributed by atoms with E-state index in [9.17, 15) is 5.11 Å². The highest BCUT2D eigenvalue weighted by molar-refractivity contribution is 5.08. The monoisotopic (exact) mass is 291 g/mol. The zero-order valence-electron chi connectivity index (χ0n) is 13.7. The van der Waals surface area contributed by atoms with Gasteiger partial charge in [-0.15, -0.1) is 10.2 Å². The average molecular weight is 291 g/mol. The van der Waals surface area contributed by atoms with Gasteiger partial charge in [-0.05, 0) is 51.9 Å². The molecule has 4 nitrogen and oxygen atoms in total. The number of hydrogen-bond donors (Lipinski definition) is 1. The van der Waals surface area contributed by atoms with E-state index in [2.05, 4.69) is 35.5 Å². The van der Waals surface area contributed by atoms with E-state index in [0.29, 0.717) is 11.7 Å². The topological polar surface area (TPSA) is 50.9 Å². The Morgan fingerprint density at radius 2 is 1.76 bits per heavy atom. The minimum Gasteiger partial charge on any atom is -0.388 e. The predicted molar refractivity (Wildman–Crippen MR) is 83.0 cm³/mol. The van der Waals surface area contributed by atoms with Crippen molar-refractivity contribution in [3.8, 4) is 0 Å². The van der Waals surface area contributed by atoms with Gasteiger partial charge in [0.25, 0.3) is 0 Å². The summed E-state index contributed by atoms with van der Waals surface area (Å²) in [6.45, 7) is 6.49. The lowest BCUT2D eigenvalue weighted by molar-refractivity contribution is 0.148. The highest BCUT2D eigenvalue weighted by Crippen LogP contribution is 2.46. The summed E-state index contributed by atoms with van der Waals surface area (Å²) < 4.78 is 2.18. The van der Waals surface area contributed by atoms with Crippen LogP contribution in [0.1, 0.15) is 83.3 Å². The van der Waals surface area contributed by atoms with Crippen LogP contribution in [0.25, 0.3) is 0 Å². The molecule has 2 fully saturated rings. The highest BCUT2D eigenvalue weighted by Gasteiger charge is 2.36. The molecule has 0 amide bonds. The fourth-order valence-electron chi connectivity index (χ4n) is 4.54. The molecular weight excluding hydrogens is 262 g/mol. The van der Waals surface area contributed by atoms with Crippen LogP contribution in [0.15, 0.2) is 0 Å². The fourth-order valence-corrected chi connectivity index (χ4v) is 4.54. The first-order valence-corrected chi connectivity index (χ1v) is 8.56. The van der Waals surface area contributed by atoms with E-state index < -0.39 is 0 Å². The van der Waals surface area contributed by atoms with E-state index in [1.165, 1.54) is 44.9 Å². The quantitative estimate of drug-likeness (QED) is 0.905. The van der Waals surface area contributed by atoms with Gasteiger partial charge in [-0.3, -0.25) is 0 Å². The van der Waals surface area contributed by atoms with Crippen molar-refractivity contribution in [1.82, 2.24) is 14.8 Å². The molecule has 0 saturated heterocycles. The lowest BCUT2D eigenvalue weighted by Gasteiger charge is -2.39. The molecule has 1 N–H and O–H groups in total. The van der Waals surface area contributed by atoms with E-state index in [4.69, 9.17) is 0 Å². The van der Waals surface area contributed by atoms with Gasteiger partial charge in [0, 0.05) is 11.5 Å². The maximum absolute atomic E-state index is 9.56. The Bertz CT molecular complexity index is 489. The van der Waals surface area contributed by atoms with Crippen LogP contribution in [-0.2, 0) is 12.1 Å². The number of nitrogens with zero attached hydrogens (tertiary/aromatic N) is 3. The molecule has 0 radical (unpaired) electrons. The van der Waals surface area contributed by atoms with E-state index in [1.807, 2.05) is 0 Å². The first-order chi connectivity index (χ1) is 10.0. The molecule has 118 valence electrons. The van der Waals surface area contributed by atoms with Crippen molar-refractivity contribution in [2.24, 2.45) is 11.8 Å². The van der Waals surface area contributed by atoms with Gasteiger partial charge in [0.05, 0.1) is 0 Å². The maximum atomic E-state index is 9.56. The minimum atomic E-state index is -0.0691. The molecule has 1 aromatic rings. The number of aromatic nitrogens is 3. The zero-order chi connectivity index (χ0) is 15.0. The molecule has 0 bridgehead atoms. The Labute approximate surface area is 128 Å². The molecule has 3 atom stereocenters. The number of hydrogen-bond acceptors (Lipinski definition) is 3. The largest absolute Gasteiger partial charge is 0.388 e. The van der Waals surface area contributed by atoms with Crippen molar-refractivity contribution >= 4 is 0 Å². The summed E-state index contributed by atoms with van der Waals surface area (Å²) in [6.07, 6.45) is 9.52. The first-order valence-electron chi connectivity index (χ1n) is 8.56. The number of fused-ring (bicyclic) bond motifs is 1. The minimum absolute atomic E-state index is 0.0248. The standard InChI is InChI=1S/C17H29N3O/c1-17(2,3)20-15(11-21)18-19-16(20)14-9-8-12-6-4-5-7-13(12)10-14/h12-14,21H,4-11H2,1-3H3. The Hall–Kier alpha value is -0.900. The van der Waals surface area contributed by atoms with Gasteiger partial charge in [-0.2, -0.15) is 0 Å². The molecule has 1 aromatic heterocycles. The predicted octanol–water partition coefficient (Wildman–Crippen LogP) is 3.60. The molecule has 2 saturated carbocycles. The molecule has 0 spiro atoms. The Morgan fingerprint density at radius 3 is 2.43 bits per heavy atom. The van der Waals surface area contributed by atoms with Crippen LogP contribution < -0.4 is 0 Å². The highest BCUT2D eigenvalue weighted by atomic mass is 16.3. The zero-order valence-corrected chi connectivity index (χ0v) is 13.7. The van der Waals surface area contributed by atoms with Crippen LogP contribution >= 0.6 is 0 Å². The summed E-state index contributed by atoms with van der Waals surface area (Å²) in [5, 5.41) is 18.3. The van der Waals surface area contributed by atoms with Gasteiger partial charge in [0.1, 0.15) is 12.4 Å². The molecule has 2 aliphatic rings. The van der Waals surface area contributed by atoms with Crippen LogP contribution in [0.2, 0.25) is 0 Å². The van der Waals surface area contributed by atoms with Crippen molar-refractivity contribution in [3.63, 3.8) is 0 Å². The normalized spacial score (nSPS) is 30.2. The van der Waals surface area contributed by atoms with Crippen molar-refractivity contribution in [2.75, 3.05) is 0 Å². The fraction of sp³-hybridized carbons (Fsp3) is 0.882. The summed E-state index contributed by atoms with van der Waals surface area (Å²) in [5.41, 5.74) is -0.0691. The Kier molecular flexibility index (Phi) is 4.08. The van der Waals surface area contributed by atoms with Crippen LogP contribution in [-0.4, -0.2) is 19.9 Å². The van der Waals surface area contributed by atoms with Gasteiger partial charge >= 0.3 is 0 Å². The van der Waals surface area contributed by atoms with Crippen LogP contribution in [0.5, 0.6) is 0 Å². The molecular formula is C17H29N3O. The van der Waals surface area contributed by atoms with Crippen molar-refractivity contribution < 1.29 is 5.11 Å². The van der Waals surface area contributed by atoms with Gasteiger partial charge in [-0.1, -0.05) is 25.7 Å². The molecule has 21 heavy (non-hydrogen) atoms. The molecule has 1 heterocycles. The van der Waals surface area contributed by atoms with Crippen molar-refractivity contribution in [3.05, 3.63) is 11.6 Å². The number of aliphatic hydroxyl groups excluding tert-OH is 1. The molecule has 3 unspecified atom stereocenters. The Morgan fingerprint density at radius 1 is 1.05 bits per heavy atom. The number of aliphatic hydroxyl groups is 1. The van der Waals surface area contributed by atoms with E-state index >= 15 is 0 Å². The molecule has 0 aliphatic heterocycles. The van der Waals surface area contributed by atoms with Gasteiger partial charge in [0.15, 0.2) is 5.82 Å². The van der Waals surface area contributed by atoms with Crippen LogP contribution in [0.4, 0.5) is 0 Å². The average Bonchev–Trinajstić information content (AvgIpc) is 2.91. The van der Waals surface area contributed by atoms with Crippen molar-refractivity contribution in [1.29, 1.82) is 0 Å². The summed E-state index contributed by atoms with van der Waals surface area (Å²) in [5.74, 6) is 4.19. The molecule has 0 aromatic carbocycles. The second-order valence-corrected chi connectivity index (χ2v) is 7.95. The van der Waals surface area contributed by atoms with E-state index in [1.54, 1.807) is 0 Å². The summed E-state index contributed by atoms with van der Waals surface area (Å²) >= 11 is 0. The van der Waals surface area contributed by atoms with Gasteiger partial charge in [-0.25, -0.2) is 0 Å². The summed E-state index contributed by atoms with van der Waals surface area (Å²) in [6, 6.07) is 0. The van der Waals surface area contributed by atoms with Crippen LogP contribution in [0, 0.1) is 11.8 Å². The molecule has 3 rings (SSSR count). The SMILES string of the molecule is CC(C)(C)n1c(CO)nnc1C1CCC2CCCCC2C1. The van der Waals surface area contributed by atoms with E-state index in [-0.39, 0.29) is 12.1 Å². The second-order valence-electron chi connectivity index (χ2n) is 7.95. The number of rotatable bonds is 2. The second kappa shape index (κ2) is 5.71. The van der Waals surface area contributed by atoms with E-state index in [0.717, 1.165) is 17.7 Å². The Balaban J connectivity index is 1.85. The lowest BCUT2D eigenvalue weighted by atomic mass is 9.67. The van der Waals surface area contributed by atoms with Gasteiger partial charge in [0.2, 0.25) is 0 Å². The smallest absolute Gasteiger partial charge is 0.159 e. The molecule has 4 heteroatoms. The maximum Gasteiger partial charge on any atom is 0.159 e. The molecule has 2 aliphatic carbocycles. The third kappa shape index (κ3) is 2.87. The van der Waals surface area contributed by atoms with Gasteiger partial charge < -0.3 is 9.67 Å². The third-order valence-electron chi connectivity index (χ3n) is 5.47.